The van der Waals surface area contributed by atoms with E-state index in [4.69, 9.17) is 0 Å². The molecule has 2 heteroatoms. The van der Waals surface area contributed by atoms with Crippen molar-refractivity contribution in [1.82, 2.24) is 0 Å². The number of hydrogen-bond donors (Lipinski definition) is 0. The van der Waals surface area contributed by atoms with Gasteiger partial charge in [0.2, 0.25) is 0 Å². The van der Waals surface area contributed by atoms with E-state index in [1.165, 1.54) is 11.1 Å². The molecule has 2 rings (SSSR count). The summed E-state index contributed by atoms with van der Waals surface area (Å²) >= 11 is 0. The quantitative estimate of drug-likeness (QED) is 0.595. The van der Waals surface area contributed by atoms with Gasteiger partial charge in [0, 0.05) is 11.1 Å². The Morgan fingerprint density at radius 3 is 2.22 bits per heavy atom. The number of hydrogen-bond acceptors (Lipinski definition) is 1. The van der Waals surface area contributed by atoms with Gasteiger partial charge in [0.15, 0.2) is 5.78 Å². The fourth-order valence-electron chi connectivity index (χ4n) is 2.05. The smallest absolute Gasteiger partial charge is 0.193 e. The first-order chi connectivity index (χ1) is 8.52. The molecular weight excluding hydrogens is 239 g/mol. The number of ketones is 1. The van der Waals surface area contributed by atoms with Crippen LogP contribution in [0, 0.1) is 20.8 Å². The molecule has 0 aliphatic heterocycles. The number of carbonyl (C=O) groups excluding carboxylic acids is 1. The molecule has 0 fully saturated rings. The van der Waals surface area contributed by atoms with E-state index in [-0.39, 0.29) is 5.78 Å². The Kier molecular flexibility index (Phi) is 3.63. The molecule has 0 N–H and O–H groups in total. The summed E-state index contributed by atoms with van der Waals surface area (Å²) < 4.78 is 0. The predicted octanol–water partition coefficient (Wildman–Crippen LogP) is 3.34. The van der Waals surface area contributed by atoms with Crippen molar-refractivity contribution in [3.8, 4) is 0 Å². The molecular formula is C16H17OP. The van der Waals surface area contributed by atoms with Crippen LogP contribution in [0.2, 0.25) is 0 Å². The van der Waals surface area contributed by atoms with Crippen LogP contribution in [0.1, 0.15) is 32.6 Å². The third-order valence-electron chi connectivity index (χ3n) is 3.51. The normalized spacial score (nSPS) is 10.4. The van der Waals surface area contributed by atoms with Gasteiger partial charge in [-0.25, -0.2) is 0 Å². The summed E-state index contributed by atoms with van der Waals surface area (Å²) in [5, 5.41) is 0.945. The van der Waals surface area contributed by atoms with Gasteiger partial charge >= 0.3 is 0 Å². The average Bonchev–Trinajstić information content (AvgIpc) is 2.36. The van der Waals surface area contributed by atoms with E-state index in [0.717, 1.165) is 22.0 Å². The first-order valence-electron chi connectivity index (χ1n) is 5.98. The van der Waals surface area contributed by atoms with Gasteiger partial charge in [-0.2, -0.15) is 0 Å². The first-order valence-corrected chi connectivity index (χ1v) is 6.56. The van der Waals surface area contributed by atoms with Crippen LogP contribution in [0.4, 0.5) is 0 Å². The van der Waals surface area contributed by atoms with Gasteiger partial charge in [-0.15, -0.1) is 9.24 Å². The largest absolute Gasteiger partial charge is 0.289 e. The highest BCUT2D eigenvalue weighted by Crippen LogP contribution is 2.20. The Morgan fingerprint density at radius 1 is 0.889 bits per heavy atom. The maximum atomic E-state index is 12.5. The van der Waals surface area contributed by atoms with Crippen LogP contribution in [0.3, 0.4) is 0 Å². The summed E-state index contributed by atoms with van der Waals surface area (Å²) in [6, 6.07) is 11.6. The summed E-state index contributed by atoms with van der Waals surface area (Å²) in [5.41, 5.74) is 5.06. The lowest BCUT2D eigenvalue weighted by Crippen LogP contribution is -2.12. The Morgan fingerprint density at radius 2 is 1.56 bits per heavy atom. The maximum absolute atomic E-state index is 12.5. The second-order valence-electron chi connectivity index (χ2n) is 4.60. The van der Waals surface area contributed by atoms with Gasteiger partial charge in [-0.05, 0) is 42.8 Å². The zero-order valence-corrected chi connectivity index (χ0v) is 12.1. The predicted molar refractivity (Wildman–Crippen MR) is 79.9 cm³/mol. The van der Waals surface area contributed by atoms with E-state index in [0.29, 0.717) is 0 Å². The zero-order chi connectivity index (χ0) is 13.3. The van der Waals surface area contributed by atoms with E-state index in [1.807, 2.05) is 43.3 Å². The van der Waals surface area contributed by atoms with Crippen LogP contribution in [-0.2, 0) is 0 Å². The molecule has 1 nitrogen and oxygen atoms in total. The minimum atomic E-state index is 0.0983. The van der Waals surface area contributed by atoms with Crippen molar-refractivity contribution < 1.29 is 4.79 Å². The van der Waals surface area contributed by atoms with Crippen LogP contribution in [0.15, 0.2) is 36.4 Å². The third-order valence-corrected chi connectivity index (χ3v) is 4.01. The number of benzene rings is 2. The summed E-state index contributed by atoms with van der Waals surface area (Å²) in [4.78, 5) is 12.5. The summed E-state index contributed by atoms with van der Waals surface area (Å²) in [5.74, 6) is 0.0983. The fourth-order valence-corrected chi connectivity index (χ4v) is 2.39. The van der Waals surface area contributed by atoms with Gasteiger partial charge in [-0.3, -0.25) is 4.79 Å². The molecule has 1 atom stereocenters. The SMILES string of the molecule is Cc1ccc(C(=O)c2ccccc2P)c(C)c1C. The molecule has 0 saturated heterocycles. The molecule has 0 bridgehead atoms. The lowest BCUT2D eigenvalue weighted by atomic mass is 9.93. The van der Waals surface area contributed by atoms with E-state index in [2.05, 4.69) is 23.1 Å². The zero-order valence-electron chi connectivity index (χ0n) is 10.9. The van der Waals surface area contributed by atoms with E-state index >= 15 is 0 Å². The first kappa shape index (κ1) is 13.0. The highest BCUT2D eigenvalue weighted by molar-refractivity contribution is 7.27. The summed E-state index contributed by atoms with van der Waals surface area (Å²) in [6.07, 6.45) is 0. The number of carbonyl (C=O) groups is 1. The standard InChI is InChI=1S/C16H17OP/c1-10-8-9-13(12(3)11(10)2)16(17)14-6-4-5-7-15(14)18/h4-9H,18H2,1-3H3. The maximum Gasteiger partial charge on any atom is 0.193 e. The molecule has 0 aliphatic carbocycles. The molecule has 0 spiro atoms. The molecule has 1 unspecified atom stereocenters. The molecule has 92 valence electrons. The lowest BCUT2D eigenvalue weighted by Gasteiger charge is -2.11. The highest BCUT2D eigenvalue weighted by Gasteiger charge is 2.15. The van der Waals surface area contributed by atoms with Gasteiger partial charge in [0.25, 0.3) is 0 Å². The molecule has 2 aromatic rings. The number of rotatable bonds is 2. The second-order valence-corrected chi connectivity index (χ2v) is 5.22. The second kappa shape index (κ2) is 5.04. The van der Waals surface area contributed by atoms with Gasteiger partial charge in [-0.1, -0.05) is 36.4 Å². The van der Waals surface area contributed by atoms with Gasteiger partial charge < -0.3 is 0 Å². The van der Waals surface area contributed by atoms with Crippen LogP contribution in [0.5, 0.6) is 0 Å². The number of aryl methyl sites for hydroxylation is 1. The van der Waals surface area contributed by atoms with Gasteiger partial charge in [0.05, 0.1) is 0 Å². The van der Waals surface area contributed by atoms with Crippen LogP contribution in [0.25, 0.3) is 0 Å². The minimum Gasteiger partial charge on any atom is -0.289 e. The van der Waals surface area contributed by atoms with Crippen LogP contribution < -0.4 is 5.30 Å². The monoisotopic (exact) mass is 256 g/mol. The van der Waals surface area contributed by atoms with E-state index in [9.17, 15) is 4.79 Å². The van der Waals surface area contributed by atoms with Crippen molar-refractivity contribution in [2.75, 3.05) is 0 Å². The topological polar surface area (TPSA) is 17.1 Å². The van der Waals surface area contributed by atoms with Gasteiger partial charge in [0.1, 0.15) is 0 Å². The van der Waals surface area contributed by atoms with Crippen LogP contribution >= 0.6 is 9.24 Å². The van der Waals surface area contributed by atoms with Crippen molar-refractivity contribution in [3.63, 3.8) is 0 Å². The summed E-state index contributed by atoms with van der Waals surface area (Å²) in [7, 11) is 2.62. The molecule has 0 radical (unpaired) electrons. The highest BCUT2D eigenvalue weighted by atomic mass is 31.0. The van der Waals surface area contributed by atoms with E-state index < -0.39 is 0 Å². The Balaban J connectivity index is 2.54. The molecule has 0 saturated carbocycles. The van der Waals surface area contributed by atoms with Crippen LogP contribution in [-0.4, -0.2) is 5.78 Å². The summed E-state index contributed by atoms with van der Waals surface area (Å²) in [6.45, 7) is 6.15. The molecule has 2 aromatic carbocycles. The Bertz CT molecular complexity index is 614. The minimum absolute atomic E-state index is 0.0983. The van der Waals surface area contributed by atoms with Crippen molar-refractivity contribution >= 4 is 20.3 Å². The molecule has 0 heterocycles. The van der Waals surface area contributed by atoms with E-state index in [1.54, 1.807) is 0 Å². The molecule has 0 amide bonds. The fraction of sp³-hybridized carbons (Fsp3) is 0.188. The molecule has 0 aliphatic rings. The molecule has 0 aromatic heterocycles. The van der Waals surface area contributed by atoms with Crippen molar-refractivity contribution in [3.05, 3.63) is 64.2 Å². The molecule has 18 heavy (non-hydrogen) atoms. The lowest BCUT2D eigenvalue weighted by molar-refractivity contribution is 0.103. The average molecular weight is 256 g/mol. The van der Waals surface area contributed by atoms with Crippen molar-refractivity contribution in [1.29, 1.82) is 0 Å². The Hall–Kier alpha value is -1.46. The van der Waals surface area contributed by atoms with Crippen molar-refractivity contribution in [2.45, 2.75) is 20.8 Å². The third kappa shape index (κ3) is 2.23. The van der Waals surface area contributed by atoms with Crippen molar-refractivity contribution in [2.24, 2.45) is 0 Å². The Labute approximate surface area is 110 Å².